The molecule has 216 valence electrons. The van der Waals surface area contributed by atoms with E-state index in [9.17, 15) is 9.59 Å². The van der Waals surface area contributed by atoms with Gasteiger partial charge in [0.1, 0.15) is 6.61 Å². The van der Waals surface area contributed by atoms with Crippen LogP contribution >= 0.6 is 33.9 Å². The Bertz CT molecular complexity index is 1850. The zero-order chi connectivity index (χ0) is 30.0. The van der Waals surface area contributed by atoms with Crippen molar-refractivity contribution in [3.63, 3.8) is 0 Å². The van der Waals surface area contributed by atoms with Crippen LogP contribution in [0.4, 0.5) is 0 Å². The Morgan fingerprint density at radius 2 is 1.71 bits per heavy atom. The summed E-state index contributed by atoms with van der Waals surface area (Å²) in [7, 11) is 1.60. The summed E-state index contributed by atoms with van der Waals surface area (Å²) in [4.78, 5) is 32.2. The zero-order valence-corrected chi connectivity index (χ0v) is 27.0. The van der Waals surface area contributed by atoms with Crippen LogP contribution in [0.2, 0.25) is 0 Å². The molecule has 42 heavy (non-hydrogen) atoms. The summed E-state index contributed by atoms with van der Waals surface area (Å²) in [6, 6.07) is 19.2. The van der Waals surface area contributed by atoms with Crippen LogP contribution in [0, 0.1) is 17.4 Å². The maximum Gasteiger partial charge on any atom is 0.338 e. The first-order chi connectivity index (χ1) is 20.2. The second-order valence-corrected chi connectivity index (χ2v) is 12.2. The molecular weight excluding hydrogens is 663 g/mol. The predicted octanol–water partition coefficient (Wildman–Crippen LogP) is 5.61. The van der Waals surface area contributed by atoms with E-state index in [1.807, 2.05) is 61.5 Å². The first-order valence-electron chi connectivity index (χ1n) is 13.5. The van der Waals surface area contributed by atoms with Crippen molar-refractivity contribution in [2.24, 2.45) is 4.99 Å². The van der Waals surface area contributed by atoms with Gasteiger partial charge in [-0.05, 0) is 85.2 Å². The number of halogens is 1. The first-order valence-corrected chi connectivity index (χ1v) is 15.4. The topological polar surface area (TPSA) is 79.1 Å². The van der Waals surface area contributed by atoms with Crippen LogP contribution in [0.5, 0.6) is 11.5 Å². The number of carbonyl (C=O) groups is 1. The summed E-state index contributed by atoms with van der Waals surface area (Å²) in [5.41, 5.74) is 5.62. The third-order valence-corrected chi connectivity index (χ3v) is 8.75. The van der Waals surface area contributed by atoms with Gasteiger partial charge in [-0.1, -0.05) is 71.0 Å². The molecule has 0 saturated carbocycles. The van der Waals surface area contributed by atoms with Gasteiger partial charge in [0, 0.05) is 0 Å². The molecule has 0 saturated heterocycles. The number of methoxy groups -OCH3 is 1. The normalized spacial score (nSPS) is 14.8. The molecule has 2 heterocycles. The predicted molar refractivity (Wildman–Crippen MR) is 173 cm³/mol. The standard InChI is InChI=1S/C33H31IN2O5S/c1-6-40-32(38)28-21(4)35-33-36(29(28)24-13-9-20(3)10-14-24)31(37)27(42-33)17-23-15-25(34)30(26(16-23)39-5)41-18-22-11-7-19(2)8-12-22/h7-17,29H,6,18H2,1-5H3/b27-17+/t29-/m0/s1. The van der Waals surface area contributed by atoms with Crippen LogP contribution < -0.4 is 24.4 Å². The fourth-order valence-electron chi connectivity index (χ4n) is 4.81. The molecule has 1 aliphatic heterocycles. The molecule has 0 fully saturated rings. The largest absolute Gasteiger partial charge is 0.493 e. The van der Waals surface area contributed by atoms with Crippen molar-refractivity contribution in [1.29, 1.82) is 0 Å². The highest BCUT2D eigenvalue weighted by Crippen LogP contribution is 2.35. The lowest BCUT2D eigenvalue weighted by Crippen LogP contribution is -2.39. The second-order valence-electron chi connectivity index (χ2n) is 10.0. The van der Waals surface area contributed by atoms with Gasteiger partial charge < -0.3 is 14.2 Å². The minimum absolute atomic E-state index is 0.228. The quantitative estimate of drug-likeness (QED) is 0.177. The monoisotopic (exact) mass is 694 g/mol. The number of aryl methyl sites for hydroxylation is 2. The van der Waals surface area contributed by atoms with Gasteiger partial charge in [-0.2, -0.15) is 0 Å². The average molecular weight is 695 g/mol. The molecule has 0 N–H and O–H groups in total. The number of thiazole rings is 1. The van der Waals surface area contributed by atoms with E-state index in [1.54, 1.807) is 25.5 Å². The van der Waals surface area contributed by atoms with E-state index in [0.717, 1.165) is 25.8 Å². The second kappa shape index (κ2) is 12.7. The third-order valence-electron chi connectivity index (χ3n) is 6.96. The van der Waals surface area contributed by atoms with E-state index in [-0.39, 0.29) is 12.2 Å². The summed E-state index contributed by atoms with van der Waals surface area (Å²) >= 11 is 3.51. The summed E-state index contributed by atoms with van der Waals surface area (Å²) in [6.45, 7) is 8.23. The molecule has 5 rings (SSSR count). The number of aromatic nitrogens is 1. The zero-order valence-electron chi connectivity index (χ0n) is 24.1. The minimum atomic E-state index is -0.643. The highest BCUT2D eigenvalue weighted by Gasteiger charge is 2.33. The molecular formula is C33H31IN2O5S. The van der Waals surface area contributed by atoms with Gasteiger partial charge >= 0.3 is 5.97 Å². The molecule has 0 unspecified atom stereocenters. The number of hydrogen-bond acceptors (Lipinski definition) is 7. The minimum Gasteiger partial charge on any atom is -0.493 e. The number of benzene rings is 3. The molecule has 9 heteroatoms. The number of carbonyl (C=O) groups excluding carboxylic acids is 1. The van der Waals surface area contributed by atoms with Gasteiger partial charge in [0.2, 0.25) is 0 Å². The van der Waals surface area contributed by atoms with E-state index < -0.39 is 12.0 Å². The van der Waals surface area contributed by atoms with Crippen molar-refractivity contribution >= 4 is 46.0 Å². The Hall–Kier alpha value is -3.70. The highest BCUT2D eigenvalue weighted by molar-refractivity contribution is 14.1. The fraction of sp³-hybridized carbons (Fsp3) is 0.242. The van der Waals surface area contributed by atoms with E-state index in [1.165, 1.54) is 16.9 Å². The molecule has 0 radical (unpaired) electrons. The van der Waals surface area contributed by atoms with Gasteiger partial charge in [-0.25, -0.2) is 9.79 Å². The Morgan fingerprint density at radius 1 is 1.05 bits per heavy atom. The van der Waals surface area contributed by atoms with Gasteiger partial charge in [-0.15, -0.1) is 0 Å². The molecule has 3 aromatic carbocycles. The Balaban J connectivity index is 1.56. The van der Waals surface area contributed by atoms with Crippen molar-refractivity contribution in [3.05, 3.63) is 123 Å². The van der Waals surface area contributed by atoms with Gasteiger partial charge in [-0.3, -0.25) is 9.36 Å². The Labute approximate surface area is 261 Å². The van der Waals surface area contributed by atoms with Crippen molar-refractivity contribution in [2.75, 3.05) is 13.7 Å². The number of hydrogen-bond donors (Lipinski definition) is 0. The molecule has 0 bridgehead atoms. The Kier molecular flexibility index (Phi) is 8.98. The summed E-state index contributed by atoms with van der Waals surface area (Å²) in [6.07, 6.45) is 1.83. The van der Waals surface area contributed by atoms with Gasteiger partial charge in [0.05, 0.1) is 39.1 Å². The molecule has 0 spiro atoms. The van der Waals surface area contributed by atoms with Crippen molar-refractivity contribution < 1.29 is 19.0 Å². The van der Waals surface area contributed by atoms with Gasteiger partial charge in [0.25, 0.3) is 5.56 Å². The number of rotatable bonds is 8. The van der Waals surface area contributed by atoms with E-state index in [2.05, 4.69) is 46.6 Å². The molecule has 4 aromatic rings. The first kappa shape index (κ1) is 29.8. The highest BCUT2D eigenvalue weighted by atomic mass is 127. The lowest BCUT2D eigenvalue weighted by Gasteiger charge is -2.24. The van der Waals surface area contributed by atoms with E-state index in [0.29, 0.717) is 38.7 Å². The Morgan fingerprint density at radius 3 is 2.36 bits per heavy atom. The number of ether oxygens (including phenoxy) is 3. The van der Waals surface area contributed by atoms with E-state index in [4.69, 9.17) is 14.2 Å². The van der Waals surface area contributed by atoms with Crippen molar-refractivity contribution in [2.45, 2.75) is 40.3 Å². The molecule has 1 atom stereocenters. The van der Waals surface area contributed by atoms with Crippen LogP contribution in [-0.4, -0.2) is 24.3 Å². The number of esters is 1. The maximum absolute atomic E-state index is 13.9. The fourth-order valence-corrected chi connectivity index (χ4v) is 6.64. The van der Waals surface area contributed by atoms with Crippen LogP contribution in [-0.2, 0) is 16.1 Å². The summed E-state index contributed by atoms with van der Waals surface area (Å²) in [5.74, 6) is 0.747. The number of nitrogens with zero attached hydrogens (tertiary/aromatic N) is 2. The summed E-state index contributed by atoms with van der Waals surface area (Å²) in [5, 5.41) is 0. The van der Waals surface area contributed by atoms with Crippen LogP contribution in [0.25, 0.3) is 6.08 Å². The average Bonchev–Trinajstić information content (AvgIpc) is 3.26. The molecule has 1 aliphatic rings. The van der Waals surface area contributed by atoms with E-state index >= 15 is 0 Å². The third kappa shape index (κ3) is 6.07. The smallest absolute Gasteiger partial charge is 0.338 e. The number of allylic oxidation sites excluding steroid dienone is 1. The van der Waals surface area contributed by atoms with Crippen LogP contribution in [0.3, 0.4) is 0 Å². The summed E-state index contributed by atoms with van der Waals surface area (Å²) < 4.78 is 20.2. The van der Waals surface area contributed by atoms with Crippen LogP contribution in [0.1, 0.15) is 47.7 Å². The SMILES string of the molecule is CCOC(=O)C1=C(C)N=c2s/c(=C/c3cc(I)c(OCc4ccc(C)cc4)c(OC)c3)c(=O)n2[C@H]1c1ccc(C)cc1. The molecule has 0 aliphatic carbocycles. The molecule has 0 amide bonds. The van der Waals surface area contributed by atoms with Gasteiger partial charge in [0.15, 0.2) is 16.3 Å². The lowest BCUT2D eigenvalue weighted by molar-refractivity contribution is -0.139. The van der Waals surface area contributed by atoms with Crippen molar-refractivity contribution in [1.82, 2.24) is 4.57 Å². The maximum atomic E-state index is 13.9. The molecule has 1 aromatic heterocycles. The number of fused-ring (bicyclic) bond motifs is 1. The molecule has 7 nitrogen and oxygen atoms in total. The lowest BCUT2D eigenvalue weighted by atomic mass is 9.95. The van der Waals surface area contributed by atoms with Crippen LogP contribution in [0.15, 0.2) is 81.7 Å². The van der Waals surface area contributed by atoms with Crippen molar-refractivity contribution in [3.8, 4) is 11.5 Å².